The number of anilines is 2. The lowest BCUT2D eigenvalue weighted by Gasteiger charge is -2.15. The van der Waals surface area contributed by atoms with Crippen molar-refractivity contribution >= 4 is 28.4 Å². The Morgan fingerprint density at radius 1 is 1.03 bits per heavy atom. The summed E-state index contributed by atoms with van der Waals surface area (Å²) in [5, 5.41) is 6.83. The van der Waals surface area contributed by atoms with Gasteiger partial charge in [0, 0.05) is 11.4 Å². The fraction of sp³-hybridized carbons (Fsp3) is 0.200. The highest BCUT2D eigenvalue weighted by Crippen LogP contribution is 2.26. The molecule has 6 heteroatoms. The van der Waals surface area contributed by atoms with Gasteiger partial charge in [0.15, 0.2) is 12.2 Å². The van der Waals surface area contributed by atoms with E-state index in [4.69, 9.17) is 14.1 Å². The van der Waals surface area contributed by atoms with Crippen LogP contribution in [-0.2, 0) is 6.61 Å². The van der Waals surface area contributed by atoms with Crippen LogP contribution in [0.2, 0.25) is 0 Å². The van der Waals surface area contributed by atoms with E-state index in [9.17, 15) is 0 Å². The minimum absolute atomic E-state index is 0.283. The lowest BCUT2D eigenvalue weighted by atomic mass is 10.2. The van der Waals surface area contributed by atoms with Gasteiger partial charge in [-0.3, -0.25) is 0 Å². The number of hydrogen-bond acceptors (Lipinski definition) is 4. The summed E-state index contributed by atoms with van der Waals surface area (Å²) in [5.74, 6) is 2.09. The van der Waals surface area contributed by atoms with Gasteiger partial charge in [0.25, 0.3) is 0 Å². The van der Waals surface area contributed by atoms with Gasteiger partial charge in [0.05, 0.1) is 6.04 Å². The summed E-state index contributed by atoms with van der Waals surface area (Å²) in [6.07, 6.45) is 2.28. The first-order valence-corrected chi connectivity index (χ1v) is 10.5. The van der Waals surface area contributed by atoms with Crippen LogP contribution < -0.4 is 15.4 Å². The molecule has 0 unspecified atom stereocenters. The Morgan fingerprint density at radius 2 is 1.84 bits per heavy atom. The number of ether oxygens (including phenoxy) is 1. The lowest BCUT2D eigenvalue weighted by Crippen LogP contribution is -2.23. The maximum absolute atomic E-state index is 5.90. The van der Waals surface area contributed by atoms with Crippen molar-refractivity contribution in [3.05, 3.63) is 84.3 Å². The first-order valence-electron chi connectivity index (χ1n) is 10.5. The van der Waals surface area contributed by atoms with Gasteiger partial charge in [-0.1, -0.05) is 30.3 Å². The number of benzene rings is 3. The summed E-state index contributed by atoms with van der Waals surface area (Å²) in [6, 6.07) is 24.1. The zero-order valence-electron chi connectivity index (χ0n) is 17.3. The first kappa shape index (κ1) is 19.2. The van der Waals surface area contributed by atoms with Crippen LogP contribution in [0.4, 0.5) is 11.4 Å². The number of aliphatic imine (C=N–C) groups is 1. The standard InChI is InChI=1S/C25H24N4O2/c1-17-15-20(30-16-24-28-22-9-5-6-10-23(22)31-24)13-14-21(17)29-25(27-19-11-12-19)26-18-7-3-2-4-8-18/h2-10,13-15,19H,11-12,16H2,1H3,(H2,26,27,29). The average molecular weight is 412 g/mol. The molecule has 5 rings (SSSR count). The van der Waals surface area contributed by atoms with Crippen LogP contribution in [0.3, 0.4) is 0 Å². The second-order valence-corrected chi connectivity index (χ2v) is 7.67. The molecule has 6 nitrogen and oxygen atoms in total. The predicted molar refractivity (Wildman–Crippen MR) is 124 cm³/mol. The maximum Gasteiger partial charge on any atom is 0.233 e. The number of oxazole rings is 1. The number of nitrogens with one attached hydrogen (secondary N) is 2. The number of aryl methyl sites for hydroxylation is 1. The van der Waals surface area contributed by atoms with Crippen LogP contribution in [0.5, 0.6) is 5.75 Å². The zero-order chi connectivity index (χ0) is 21.0. The third-order valence-electron chi connectivity index (χ3n) is 5.05. The number of nitrogens with zero attached hydrogens (tertiary/aromatic N) is 2. The van der Waals surface area contributed by atoms with Crippen LogP contribution in [0, 0.1) is 6.92 Å². The lowest BCUT2D eigenvalue weighted by molar-refractivity contribution is 0.267. The van der Waals surface area contributed by atoms with Crippen molar-refractivity contribution in [1.29, 1.82) is 0 Å². The monoisotopic (exact) mass is 412 g/mol. The molecule has 1 heterocycles. The molecular formula is C25H24N4O2. The molecule has 0 saturated heterocycles. The molecule has 0 spiro atoms. The van der Waals surface area contributed by atoms with Crippen LogP contribution in [0.25, 0.3) is 11.1 Å². The predicted octanol–water partition coefficient (Wildman–Crippen LogP) is 5.76. The smallest absolute Gasteiger partial charge is 0.233 e. The van der Waals surface area contributed by atoms with Crippen molar-refractivity contribution in [2.24, 2.45) is 4.99 Å². The van der Waals surface area contributed by atoms with E-state index in [-0.39, 0.29) is 6.61 Å². The summed E-state index contributed by atoms with van der Waals surface area (Å²) in [5.41, 5.74) is 4.66. The van der Waals surface area contributed by atoms with Gasteiger partial charge in [0.1, 0.15) is 11.3 Å². The molecule has 156 valence electrons. The number of aromatic nitrogens is 1. The molecule has 0 aliphatic heterocycles. The fourth-order valence-corrected chi connectivity index (χ4v) is 3.26. The summed E-state index contributed by atoms with van der Waals surface area (Å²) >= 11 is 0. The molecule has 1 aliphatic rings. The van der Waals surface area contributed by atoms with E-state index in [0.717, 1.165) is 52.6 Å². The summed E-state index contributed by atoms with van der Waals surface area (Å²) in [4.78, 5) is 9.23. The molecule has 1 saturated carbocycles. The largest absolute Gasteiger partial charge is 0.484 e. The van der Waals surface area contributed by atoms with Crippen molar-refractivity contribution < 1.29 is 9.15 Å². The van der Waals surface area contributed by atoms with E-state index < -0.39 is 0 Å². The van der Waals surface area contributed by atoms with Crippen LogP contribution in [0.15, 0.2) is 82.2 Å². The zero-order valence-corrected chi connectivity index (χ0v) is 17.3. The molecule has 4 aromatic rings. The Balaban J connectivity index is 1.26. The Morgan fingerprint density at radius 3 is 2.61 bits per heavy atom. The molecule has 1 aromatic heterocycles. The van der Waals surface area contributed by atoms with Gasteiger partial charge < -0.3 is 19.8 Å². The van der Waals surface area contributed by atoms with Gasteiger partial charge in [-0.2, -0.15) is 0 Å². The van der Waals surface area contributed by atoms with Crippen molar-refractivity contribution in [2.75, 3.05) is 10.6 Å². The highest BCUT2D eigenvalue weighted by molar-refractivity contribution is 6.04. The molecule has 0 amide bonds. The second-order valence-electron chi connectivity index (χ2n) is 7.67. The van der Waals surface area contributed by atoms with Gasteiger partial charge in [-0.05, 0) is 67.8 Å². The number of hydrogen-bond donors (Lipinski definition) is 2. The fourth-order valence-electron chi connectivity index (χ4n) is 3.26. The minimum Gasteiger partial charge on any atom is -0.484 e. The van der Waals surface area contributed by atoms with Crippen LogP contribution >= 0.6 is 0 Å². The summed E-state index contributed by atoms with van der Waals surface area (Å²) in [6.45, 7) is 2.33. The highest BCUT2D eigenvalue weighted by Gasteiger charge is 2.21. The Kier molecular flexibility index (Phi) is 5.27. The van der Waals surface area contributed by atoms with E-state index in [1.165, 1.54) is 0 Å². The highest BCUT2D eigenvalue weighted by atomic mass is 16.5. The van der Waals surface area contributed by atoms with Gasteiger partial charge >= 0.3 is 0 Å². The van der Waals surface area contributed by atoms with Crippen molar-refractivity contribution in [1.82, 2.24) is 4.98 Å². The molecule has 2 N–H and O–H groups in total. The van der Waals surface area contributed by atoms with Crippen LogP contribution in [0.1, 0.15) is 24.3 Å². The van der Waals surface area contributed by atoms with E-state index in [0.29, 0.717) is 11.9 Å². The van der Waals surface area contributed by atoms with Gasteiger partial charge in [-0.25, -0.2) is 9.98 Å². The minimum atomic E-state index is 0.283. The number of rotatable bonds is 6. The summed E-state index contributed by atoms with van der Waals surface area (Å²) in [7, 11) is 0. The number of guanidine groups is 1. The van der Waals surface area contributed by atoms with Crippen molar-refractivity contribution in [3.8, 4) is 5.75 Å². The van der Waals surface area contributed by atoms with Crippen LogP contribution in [-0.4, -0.2) is 17.0 Å². The molecule has 0 atom stereocenters. The number of fused-ring (bicyclic) bond motifs is 1. The van der Waals surface area contributed by atoms with E-state index in [1.807, 2.05) is 79.7 Å². The molecule has 1 aliphatic carbocycles. The number of para-hydroxylation sites is 3. The third kappa shape index (κ3) is 4.86. The van der Waals surface area contributed by atoms with E-state index in [2.05, 4.69) is 15.6 Å². The molecule has 3 aromatic carbocycles. The topological polar surface area (TPSA) is 71.7 Å². The molecule has 31 heavy (non-hydrogen) atoms. The molecule has 1 fully saturated rings. The molecule has 0 radical (unpaired) electrons. The molecular weight excluding hydrogens is 388 g/mol. The average Bonchev–Trinajstić information content (AvgIpc) is 3.50. The Bertz CT molecular complexity index is 1180. The second kappa shape index (κ2) is 8.52. The summed E-state index contributed by atoms with van der Waals surface area (Å²) < 4.78 is 11.6. The normalized spacial score (nSPS) is 13.9. The van der Waals surface area contributed by atoms with Crippen molar-refractivity contribution in [3.63, 3.8) is 0 Å². The maximum atomic E-state index is 5.90. The van der Waals surface area contributed by atoms with E-state index >= 15 is 0 Å². The Hall–Kier alpha value is -3.80. The Labute approximate surface area is 181 Å². The SMILES string of the molecule is Cc1cc(OCc2nc3ccccc3o2)ccc1NC(=NC1CC1)Nc1ccccc1. The molecule has 0 bridgehead atoms. The third-order valence-corrected chi connectivity index (χ3v) is 5.05. The van der Waals surface area contributed by atoms with Gasteiger partial charge in [-0.15, -0.1) is 0 Å². The van der Waals surface area contributed by atoms with Crippen molar-refractivity contribution in [2.45, 2.75) is 32.4 Å². The quantitative estimate of drug-likeness (QED) is 0.311. The van der Waals surface area contributed by atoms with E-state index in [1.54, 1.807) is 0 Å². The first-order chi connectivity index (χ1) is 15.2. The van der Waals surface area contributed by atoms with Gasteiger partial charge in [0.2, 0.25) is 11.9 Å².